The number of hydrogen-bond donors (Lipinski definition) is 0. The minimum atomic E-state index is -0.601. The zero-order valence-electron chi connectivity index (χ0n) is 14.2. The first kappa shape index (κ1) is 18.0. The van der Waals surface area contributed by atoms with E-state index in [1.54, 1.807) is 0 Å². The quantitative estimate of drug-likeness (QED) is 0.741. The summed E-state index contributed by atoms with van der Waals surface area (Å²) < 4.78 is 0. The lowest BCUT2D eigenvalue weighted by Gasteiger charge is -2.24. The van der Waals surface area contributed by atoms with Gasteiger partial charge in [0, 0.05) is 32.9 Å². The highest BCUT2D eigenvalue weighted by molar-refractivity contribution is 5.81. The van der Waals surface area contributed by atoms with E-state index in [1.165, 1.54) is 0 Å². The molecule has 120 valence electrons. The van der Waals surface area contributed by atoms with Crippen LogP contribution in [0.3, 0.4) is 0 Å². The van der Waals surface area contributed by atoms with Gasteiger partial charge >= 0.3 is 0 Å². The third-order valence-electron chi connectivity index (χ3n) is 3.62. The zero-order chi connectivity index (χ0) is 16.5. The molecule has 0 aliphatic carbocycles. The van der Waals surface area contributed by atoms with Crippen molar-refractivity contribution < 1.29 is 4.79 Å². The molecule has 1 unspecified atom stereocenters. The molecule has 4 nitrogen and oxygen atoms in total. The zero-order valence-corrected chi connectivity index (χ0v) is 14.2. The molecule has 0 saturated carbocycles. The van der Waals surface area contributed by atoms with Gasteiger partial charge < -0.3 is 9.80 Å². The van der Waals surface area contributed by atoms with E-state index >= 15 is 0 Å². The van der Waals surface area contributed by atoms with Gasteiger partial charge in [-0.1, -0.05) is 26.0 Å². The van der Waals surface area contributed by atoms with Crippen molar-refractivity contribution in [2.24, 2.45) is 5.92 Å². The van der Waals surface area contributed by atoms with E-state index in [0.717, 1.165) is 37.2 Å². The van der Waals surface area contributed by atoms with Crippen molar-refractivity contribution in [1.29, 1.82) is 5.26 Å². The summed E-state index contributed by atoms with van der Waals surface area (Å²) in [6.45, 7) is 5.56. The third-order valence-corrected chi connectivity index (χ3v) is 3.62. The normalized spacial score (nSPS) is 11.6. The van der Waals surface area contributed by atoms with Gasteiger partial charge in [-0.25, -0.2) is 0 Å². The lowest BCUT2D eigenvalue weighted by Crippen LogP contribution is -2.37. The van der Waals surface area contributed by atoms with E-state index in [1.807, 2.05) is 48.2 Å². The molecule has 1 aromatic carbocycles. The first-order valence-electron chi connectivity index (χ1n) is 7.98. The number of anilines is 1. The van der Waals surface area contributed by atoms with Crippen LogP contribution >= 0.6 is 0 Å². The first-order chi connectivity index (χ1) is 10.5. The van der Waals surface area contributed by atoms with Crippen molar-refractivity contribution >= 4 is 11.6 Å². The van der Waals surface area contributed by atoms with Gasteiger partial charge in [-0.05, 0) is 37.0 Å². The standard InChI is InChI=1S/C18H27N3O/c1-5-10-21(11-6-2)18(22)16(14-19)12-15-8-7-9-17(13-15)20(3)4/h7-9,13,16H,5-6,10-12H2,1-4H3. The van der Waals surface area contributed by atoms with Crippen LogP contribution in [0.4, 0.5) is 5.69 Å². The third kappa shape index (κ3) is 5.07. The van der Waals surface area contributed by atoms with Crippen molar-refractivity contribution in [3.8, 4) is 6.07 Å². The summed E-state index contributed by atoms with van der Waals surface area (Å²) in [5.74, 6) is -0.642. The molecule has 0 spiro atoms. The average molecular weight is 301 g/mol. The number of hydrogen-bond acceptors (Lipinski definition) is 3. The average Bonchev–Trinajstić information content (AvgIpc) is 2.52. The molecule has 22 heavy (non-hydrogen) atoms. The van der Waals surface area contributed by atoms with Crippen LogP contribution in [0.1, 0.15) is 32.3 Å². The predicted octanol–water partition coefficient (Wildman–Crippen LogP) is 3.08. The summed E-state index contributed by atoms with van der Waals surface area (Å²) >= 11 is 0. The van der Waals surface area contributed by atoms with Crippen LogP contribution in [-0.4, -0.2) is 38.0 Å². The van der Waals surface area contributed by atoms with Crippen molar-refractivity contribution in [1.82, 2.24) is 4.90 Å². The Morgan fingerprint density at radius 2 is 1.86 bits per heavy atom. The molecule has 4 heteroatoms. The highest BCUT2D eigenvalue weighted by atomic mass is 16.2. The Hall–Kier alpha value is -2.02. The molecule has 0 aliphatic heterocycles. The van der Waals surface area contributed by atoms with Crippen LogP contribution in [-0.2, 0) is 11.2 Å². The van der Waals surface area contributed by atoms with Gasteiger partial charge in [-0.3, -0.25) is 4.79 Å². The molecule has 1 atom stereocenters. The number of nitrogens with zero attached hydrogens (tertiary/aromatic N) is 3. The molecule has 0 heterocycles. The van der Waals surface area contributed by atoms with E-state index in [-0.39, 0.29) is 5.91 Å². The molecule has 0 aliphatic rings. The van der Waals surface area contributed by atoms with Crippen molar-refractivity contribution in [3.05, 3.63) is 29.8 Å². The summed E-state index contributed by atoms with van der Waals surface area (Å²) in [5.41, 5.74) is 2.11. The summed E-state index contributed by atoms with van der Waals surface area (Å²) in [7, 11) is 3.96. The van der Waals surface area contributed by atoms with E-state index in [0.29, 0.717) is 6.42 Å². The number of amides is 1. The second kappa shape index (κ2) is 9.09. The van der Waals surface area contributed by atoms with Gasteiger partial charge in [0.15, 0.2) is 0 Å². The SMILES string of the molecule is CCCN(CCC)C(=O)C(C#N)Cc1cccc(N(C)C)c1. The minimum absolute atomic E-state index is 0.0403. The molecule has 0 N–H and O–H groups in total. The van der Waals surface area contributed by atoms with Crippen molar-refractivity contribution in [2.45, 2.75) is 33.1 Å². The maximum Gasteiger partial charge on any atom is 0.240 e. The second-order valence-electron chi connectivity index (χ2n) is 5.78. The Balaban J connectivity index is 2.85. The Kier molecular flexibility index (Phi) is 7.45. The van der Waals surface area contributed by atoms with E-state index < -0.39 is 5.92 Å². The van der Waals surface area contributed by atoms with Gasteiger partial charge in [0.25, 0.3) is 0 Å². The molecule has 1 rings (SSSR count). The molecule has 0 saturated heterocycles. The molecule has 0 aromatic heterocycles. The molecule has 1 amide bonds. The molecular weight excluding hydrogens is 274 g/mol. The van der Waals surface area contributed by atoms with Crippen molar-refractivity contribution in [2.75, 3.05) is 32.1 Å². The minimum Gasteiger partial charge on any atom is -0.378 e. The van der Waals surface area contributed by atoms with Crippen LogP contribution in [0.5, 0.6) is 0 Å². The summed E-state index contributed by atoms with van der Waals surface area (Å²) in [6, 6.07) is 10.2. The lowest BCUT2D eigenvalue weighted by atomic mass is 9.98. The van der Waals surface area contributed by atoms with E-state index in [2.05, 4.69) is 19.9 Å². The van der Waals surface area contributed by atoms with Crippen LogP contribution < -0.4 is 4.90 Å². The van der Waals surface area contributed by atoms with Crippen LogP contribution in [0.25, 0.3) is 0 Å². The Morgan fingerprint density at radius 3 is 2.36 bits per heavy atom. The Morgan fingerprint density at radius 1 is 1.23 bits per heavy atom. The fraction of sp³-hybridized carbons (Fsp3) is 0.556. The molecule has 0 radical (unpaired) electrons. The van der Waals surface area contributed by atoms with Crippen LogP contribution in [0, 0.1) is 17.2 Å². The van der Waals surface area contributed by atoms with Crippen molar-refractivity contribution in [3.63, 3.8) is 0 Å². The largest absolute Gasteiger partial charge is 0.378 e. The fourth-order valence-corrected chi connectivity index (χ4v) is 2.48. The van der Waals surface area contributed by atoms with Gasteiger partial charge in [0.2, 0.25) is 5.91 Å². The monoisotopic (exact) mass is 301 g/mol. The van der Waals surface area contributed by atoms with E-state index in [9.17, 15) is 10.1 Å². The number of nitriles is 1. The Bertz CT molecular complexity index is 513. The molecule has 0 bridgehead atoms. The summed E-state index contributed by atoms with van der Waals surface area (Å²) in [4.78, 5) is 16.4. The lowest BCUT2D eigenvalue weighted by molar-refractivity contribution is -0.133. The van der Waals surface area contributed by atoms with Crippen LogP contribution in [0.2, 0.25) is 0 Å². The van der Waals surface area contributed by atoms with Gasteiger partial charge in [0.05, 0.1) is 6.07 Å². The molecule has 0 fully saturated rings. The number of benzene rings is 1. The highest BCUT2D eigenvalue weighted by Gasteiger charge is 2.23. The van der Waals surface area contributed by atoms with E-state index in [4.69, 9.17) is 0 Å². The van der Waals surface area contributed by atoms with Crippen LogP contribution in [0.15, 0.2) is 24.3 Å². The summed E-state index contributed by atoms with van der Waals surface area (Å²) in [6.07, 6.45) is 2.31. The predicted molar refractivity (Wildman–Crippen MR) is 90.7 cm³/mol. The van der Waals surface area contributed by atoms with Gasteiger partial charge in [-0.15, -0.1) is 0 Å². The summed E-state index contributed by atoms with van der Waals surface area (Å²) in [5, 5.41) is 9.41. The fourth-order valence-electron chi connectivity index (χ4n) is 2.48. The highest BCUT2D eigenvalue weighted by Crippen LogP contribution is 2.18. The topological polar surface area (TPSA) is 47.3 Å². The Labute approximate surface area is 134 Å². The smallest absolute Gasteiger partial charge is 0.240 e. The maximum absolute atomic E-state index is 12.6. The molecule has 1 aromatic rings. The van der Waals surface area contributed by atoms with Gasteiger partial charge in [-0.2, -0.15) is 5.26 Å². The number of carbonyl (C=O) groups excluding carboxylic acids is 1. The second-order valence-corrected chi connectivity index (χ2v) is 5.78. The molecular formula is C18H27N3O. The number of rotatable bonds is 8. The van der Waals surface area contributed by atoms with Gasteiger partial charge in [0.1, 0.15) is 5.92 Å². The number of carbonyl (C=O) groups is 1. The first-order valence-corrected chi connectivity index (χ1v) is 7.98. The maximum atomic E-state index is 12.6.